The van der Waals surface area contributed by atoms with E-state index in [1.54, 1.807) is 0 Å². The first-order valence-electron chi connectivity index (χ1n) is 8.49. The van der Waals surface area contributed by atoms with E-state index in [1.165, 1.54) is 33.9 Å². The zero-order chi connectivity index (χ0) is 19.6. The van der Waals surface area contributed by atoms with Gasteiger partial charge in [-0.2, -0.15) is 0 Å². The van der Waals surface area contributed by atoms with E-state index in [1.807, 2.05) is 31.1 Å². The van der Waals surface area contributed by atoms with Crippen LogP contribution in [0.2, 0.25) is 0 Å². The number of rotatable bonds is 7. The molecule has 0 spiro atoms. The third kappa shape index (κ3) is 4.15. The van der Waals surface area contributed by atoms with Crippen LogP contribution < -0.4 is 4.90 Å². The molecule has 2 aromatic heterocycles. The molecule has 9 heteroatoms. The first-order valence-corrected chi connectivity index (χ1v) is 9.31. The van der Waals surface area contributed by atoms with E-state index in [0.717, 1.165) is 16.6 Å². The number of amides is 1. The third-order valence-electron chi connectivity index (χ3n) is 4.08. The van der Waals surface area contributed by atoms with Crippen LogP contribution in [0, 0.1) is 10.1 Å². The van der Waals surface area contributed by atoms with Crippen molar-refractivity contribution in [2.45, 2.75) is 13.3 Å². The number of hydrogen-bond donors (Lipinski definition) is 0. The van der Waals surface area contributed by atoms with Gasteiger partial charge in [0.25, 0.3) is 5.91 Å². The number of benzene rings is 1. The minimum atomic E-state index is -0.662. The minimum Gasteiger partial charge on any atom is -0.395 e. The van der Waals surface area contributed by atoms with Gasteiger partial charge in [0, 0.05) is 13.1 Å². The number of likely N-dealkylation sites (N-methyl/N-ethyl adjacent to an activating group) is 1. The van der Waals surface area contributed by atoms with Crippen LogP contribution in [0.4, 0.5) is 11.0 Å². The van der Waals surface area contributed by atoms with E-state index in [-0.39, 0.29) is 5.76 Å². The van der Waals surface area contributed by atoms with E-state index in [9.17, 15) is 14.9 Å². The summed E-state index contributed by atoms with van der Waals surface area (Å²) >= 11 is 1.42. The molecule has 0 atom stereocenters. The van der Waals surface area contributed by atoms with Gasteiger partial charge in [-0.05, 0) is 44.3 Å². The number of carbonyl (C=O) groups excluding carboxylic acids is 1. The van der Waals surface area contributed by atoms with Crippen molar-refractivity contribution in [2.24, 2.45) is 0 Å². The van der Waals surface area contributed by atoms with Crippen molar-refractivity contribution >= 4 is 38.5 Å². The predicted molar refractivity (Wildman–Crippen MR) is 105 cm³/mol. The number of thiazole rings is 1. The maximum Gasteiger partial charge on any atom is 0.433 e. The first kappa shape index (κ1) is 19.0. The molecule has 2 heterocycles. The van der Waals surface area contributed by atoms with E-state index in [2.05, 4.69) is 18.0 Å². The number of aryl methyl sites for hydroxylation is 1. The molecule has 0 bridgehead atoms. The Bertz CT molecular complexity index is 979. The Hall–Kier alpha value is -2.78. The van der Waals surface area contributed by atoms with Gasteiger partial charge in [-0.3, -0.25) is 19.8 Å². The van der Waals surface area contributed by atoms with Crippen molar-refractivity contribution in [3.05, 3.63) is 51.8 Å². The van der Waals surface area contributed by atoms with Crippen LogP contribution in [0.1, 0.15) is 23.0 Å². The lowest BCUT2D eigenvalue weighted by Crippen LogP contribution is -2.36. The zero-order valence-corrected chi connectivity index (χ0v) is 16.2. The highest BCUT2D eigenvalue weighted by Gasteiger charge is 2.26. The van der Waals surface area contributed by atoms with E-state index in [4.69, 9.17) is 4.42 Å². The van der Waals surface area contributed by atoms with Gasteiger partial charge in [-0.25, -0.2) is 4.98 Å². The number of furan rings is 1. The molecule has 0 aliphatic rings. The lowest BCUT2D eigenvalue weighted by molar-refractivity contribution is -0.402. The van der Waals surface area contributed by atoms with Crippen molar-refractivity contribution in [1.29, 1.82) is 0 Å². The van der Waals surface area contributed by atoms with Gasteiger partial charge in [0.05, 0.1) is 16.3 Å². The Morgan fingerprint density at radius 2 is 2.04 bits per heavy atom. The molecule has 0 aliphatic carbocycles. The van der Waals surface area contributed by atoms with Gasteiger partial charge in [0.1, 0.15) is 4.92 Å². The van der Waals surface area contributed by atoms with Gasteiger partial charge in [-0.15, -0.1) is 0 Å². The van der Waals surface area contributed by atoms with Crippen molar-refractivity contribution in [3.63, 3.8) is 0 Å². The highest BCUT2D eigenvalue weighted by Crippen LogP contribution is 2.31. The Morgan fingerprint density at radius 1 is 1.26 bits per heavy atom. The summed E-state index contributed by atoms with van der Waals surface area (Å²) in [6.45, 7) is 3.09. The Kier molecular flexibility index (Phi) is 5.52. The Balaban J connectivity index is 1.96. The Morgan fingerprint density at radius 3 is 2.67 bits per heavy atom. The van der Waals surface area contributed by atoms with Crippen LogP contribution in [0.15, 0.2) is 34.7 Å². The average Bonchev–Trinajstić information content (AvgIpc) is 3.27. The van der Waals surface area contributed by atoms with Gasteiger partial charge in [-0.1, -0.05) is 24.3 Å². The van der Waals surface area contributed by atoms with Gasteiger partial charge in [0.2, 0.25) is 0 Å². The molecule has 3 aromatic rings. The monoisotopic (exact) mass is 388 g/mol. The summed E-state index contributed by atoms with van der Waals surface area (Å²) in [5.41, 5.74) is 2.02. The van der Waals surface area contributed by atoms with E-state index >= 15 is 0 Å². The topological polar surface area (TPSA) is 92.7 Å². The average molecular weight is 388 g/mol. The largest absolute Gasteiger partial charge is 0.433 e. The summed E-state index contributed by atoms with van der Waals surface area (Å²) in [6.07, 6.45) is 0.919. The summed E-state index contributed by atoms with van der Waals surface area (Å²) in [4.78, 5) is 31.2. The molecule has 142 valence electrons. The van der Waals surface area contributed by atoms with Crippen molar-refractivity contribution in [3.8, 4) is 0 Å². The minimum absolute atomic E-state index is 0.0750. The predicted octanol–water partition coefficient (Wildman–Crippen LogP) is 3.57. The smallest absolute Gasteiger partial charge is 0.395 e. The maximum absolute atomic E-state index is 13.0. The molecule has 1 aromatic carbocycles. The zero-order valence-electron chi connectivity index (χ0n) is 15.3. The number of hydrogen-bond acceptors (Lipinski definition) is 7. The van der Waals surface area contributed by atoms with Crippen LogP contribution in [0.3, 0.4) is 0 Å². The second-order valence-corrected chi connectivity index (χ2v) is 7.32. The van der Waals surface area contributed by atoms with Crippen molar-refractivity contribution in [2.75, 3.05) is 32.1 Å². The summed E-state index contributed by atoms with van der Waals surface area (Å²) < 4.78 is 6.10. The molecule has 27 heavy (non-hydrogen) atoms. The summed E-state index contributed by atoms with van der Waals surface area (Å²) in [6, 6.07) is 8.55. The molecule has 0 unspecified atom stereocenters. The van der Waals surface area contributed by atoms with Crippen LogP contribution in [0.25, 0.3) is 10.2 Å². The second-order valence-electron chi connectivity index (χ2n) is 6.31. The molecule has 0 saturated carbocycles. The van der Waals surface area contributed by atoms with E-state index in [0.29, 0.717) is 18.2 Å². The molecule has 0 N–H and O–H groups in total. The normalized spacial score (nSPS) is 11.3. The van der Waals surface area contributed by atoms with Crippen LogP contribution >= 0.6 is 11.3 Å². The molecule has 0 fully saturated rings. The molecule has 3 rings (SSSR count). The molecule has 8 nitrogen and oxygen atoms in total. The number of nitrogens with zero attached hydrogens (tertiary/aromatic N) is 4. The van der Waals surface area contributed by atoms with Crippen LogP contribution in [-0.4, -0.2) is 47.9 Å². The van der Waals surface area contributed by atoms with Crippen LogP contribution in [0.5, 0.6) is 0 Å². The summed E-state index contributed by atoms with van der Waals surface area (Å²) in [5, 5.41) is 11.4. The fourth-order valence-corrected chi connectivity index (χ4v) is 3.60. The number of nitro groups is 1. The molecular formula is C18H20N4O4S. The lowest BCUT2D eigenvalue weighted by atomic mass is 10.2. The number of fused-ring (bicyclic) bond motifs is 1. The van der Waals surface area contributed by atoms with Gasteiger partial charge >= 0.3 is 5.88 Å². The molecule has 0 saturated heterocycles. The second kappa shape index (κ2) is 7.85. The molecule has 1 amide bonds. The van der Waals surface area contributed by atoms with E-state index < -0.39 is 16.7 Å². The Labute approximate surface area is 160 Å². The molecular weight excluding hydrogens is 368 g/mol. The quantitative estimate of drug-likeness (QED) is 0.454. The van der Waals surface area contributed by atoms with Gasteiger partial charge in [0.15, 0.2) is 10.9 Å². The molecule has 0 radical (unpaired) electrons. The fourth-order valence-electron chi connectivity index (χ4n) is 2.55. The highest BCUT2D eigenvalue weighted by molar-refractivity contribution is 7.22. The van der Waals surface area contributed by atoms with Crippen molar-refractivity contribution in [1.82, 2.24) is 9.88 Å². The summed E-state index contributed by atoms with van der Waals surface area (Å²) in [5.74, 6) is -0.975. The first-order chi connectivity index (χ1) is 12.9. The van der Waals surface area contributed by atoms with Crippen molar-refractivity contribution < 1.29 is 14.1 Å². The SMILES string of the molecule is CCc1ccc2nc(N(CCN(C)C)C(=O)c3ccc([N+](=O)[O-])o3)sc2c1. The maximum atomic E-state index is 13.0. The number of aromatic nitrogens is 1. The lowest BCUT2D eigenvalue weighted by Gasteiger charge is -2.20. The fraction of sp³-hybridized carbons (Fsp3) is 0.333. The third-order valence-corrected chi connectivity index (χ3v) is 5.12. The van der Waals surface area contributed by atoms with Crippen LogP contribution in [-0.2, 0) is 6.42 Å². The highest BCUT2D eigenvalue weighted by atomic mass is 32.1. The summed E-state index contributed by atoms with van der Waals surface area (Å²) in [7, 11) is 3.82. The number of anilines is 1. The standard InChI is InChI=1S/C18H20N4O4S/c1-4-12-5-6-13-15(11-12)27-18(19-13)21(10-9-20(2)3)17(23)14-7-8-16(26-14)22(24)25/h5-8,11H,4,9-10H2,1-3H3. The van der Waals surface area contributed by atoms with Gasteiger partial charge < -0.3 is 9.32 Å². The number of carbonyl (C=O) groups is 1. The molecule has 0 aliphatic heterocycles.